The lowest BCUT2D eigenvalue weighted by Crippen LogP contribution is -2.33. The predicted octanol–water partition coefficient (Wildman–Crippen LogP) is 0.835. The van der Waals surface area contributed by atoms with Crippen molar-refractivity contribution in [3.63, 3.8) is 0 Å². The van der Waals surface area contributed by atoms with Crippen LogP contribution in [0.15, 0.2) is 23.0 Å². The maximum Gasteiger partial charge on any atom is 0.267 e. The van der Waals surface area contributed by atoms with Crippen LogP contribution in [0.3, 0.4) is 0 Å². The molecule has 0 spiro atoms. The van der Waals surface area contributed by atoms with Crippen molar-refractivity contribution in [3.8, 4) is 0 Å². The van der Waals surface area contributed by atoms with Gasteiger partial charge >= 0.3 is 0 Å². The molecule has 1 unspecified atom stereocenters. The lowest BCUT2D eigenvalue weighted by molar-refractivity contribution is 0.0942. The molecule has 1 fully saturated rings. The van der Waals surface area contributed by atoms with Crippen LogP contribution in [0.25, 0.3) is 0 Å². The monoisotopic (exact) mass is 263 g/mol. The highest BCUT2D eigenvalue weighted by Crippen LogP contribution is 2.17. The van der Waals surface area contributed by atoms with Gasteiger partial charge in [0.15, 0.2) is 0 Å². The van der Waals surface area contributed by atoms with E-state index >= 15 is 0 Å². The van der Waals surface area contributed by atoms with Crippen molar-refractivity contribution in [2.45, 2.75) is 26.3 Å². The van der Waals surface area contributed by atoms with Crippen molar-refractivity contribution in [3.05, 3.63) is 34.2 Å². The summed E-state index contributed by atoms with van der Waals surface area (Å²) in [6.45, 7) is 7.17. The second-order valence-electron chi connectivity index (χ2n) is 5.38. The third kappa shape index (κ3) is 3.67. The number of nitrogens with zero attached hydrogens (tertiary/aromatic N) is 1. The Hall–Kier alpha value is -1.62. The molecule has 1 aliphatic heterocycles. The first-order valence-electron chi connectivity index (χ1n) is 6.78. The fourth-order valence-corrected chi connectivity index (χ4v) is 2.41. The molecule has 19 heavy (non-hydrogen) atoms. The van der Waals surface area contributed by atoms with Crippen LogP contribution in [0, 0.1) is 5.92 Å². The first-order chi connectivity index (χ1) is 9.06. The molecule has 1 aliphatic rings. The van der Waals surface area contributed by atoms with Gasteiger partial charge in [-0.1, -0.05) is 6.07 Å². The molecule has 1 amide bonds. The minimum atomic E-state index is -0.250. The van der Waals surface area contributed by atoms with Gasteiger partial charge in [0.2, 0.25) is 5.56 Å². The SMILES string of the molecule is CC(C)N1CCC(CNC(=O)c2cccc(=O)[nH]2)C1. The van der Waals surface area contributed by atoms with Crippen molar-refractivity contribution < 1.29 is 4.79 Å². The molecule has 0 saturated carbocycles. The molecule has 5 nitrogen and oxygen atoms in total. The Labute approximate surface area is 113 Å². The normalized spacial score (nSPS) is 19.8. The Bertz CT molecular complexity index is 495. The van der Waals surface area contributed by atoms with Gasteiger partial charge in [0.1, 0.15) is 5.69 Å². The minimum absolute atomic E-state index is 0.208. The van der Waals surface area contributed by atoms with Gasteiger partial charge in [-0.15, -0.1) is 0 Å². The van der Waals surface area contributed by atoms with Crippen molar-refractivity contribution in [2.24, 2.45) is 5.92 Å². The van der Waals surface area contributed by atoms with E-state index in [4.69, 9.17) is 0 Å². The highest BCUT2D eigenvalue weighted by atomic mass is 16.2. The topological polar surface area (TPSA) is 65.2 Å². The smallest absolute Gasteiger partial charge is 0.267 e. The van der Waals surface area contributed by atoms with E-state index in [1.54, 1.807) is 12.1 Å². The molecule has 0 bridgehead atoms. The maximum atomic E-state index is 11.9. The van der Waals surface area contributed by atoms with Crippen LogP contribution in [0.4, 0.5) is 0 Å². The molecule has 1 aromatic heterocycles. The molecule has 0 radical (unpaired) electrons. The van der Waals surface area contributed by atoms with Gasteiger partial charge in [-0.25, -0.2) is 0 Å². The highest BCUT2D eigenvalue weighted by Gasteiger charge is 2.24. The number of carbonyl (C=O) groups is 1. The van der Waals surface area contributed by atoms with E-state index in [0.29, 0.717) is 24.2 Å². The summed E-state index contributed by atoms with van der Waals surface area (Å²) in [7, 11) is 0. The van der Waals surface area contributed by atoms with Gasteiger partial charge in [-0.05, 0) is 38.8 Å². The molecular formula is C14H21N3O2. The number of aromatic amines is 1. The van der Waals surface area contributed by atoms with Gasteiger partial charge < -0.3 is 15.2 Å². The summed E-state index contributed by atoms with van der Waals surface area (Å²) in [5.41, 5.74) is 0.0747. The summed E-state index contributed by atoms with van der Waals surface area (Å²) < 4.78 is 0. The number of aromatic nitrogens is 1. The largest absolute Gasteiger partial charge is 0.350 e. The van der Waals surface area contributed by atoms with Gasteiger partial charge in [0.25, 0.3) is 5.91 Å². The van der Waals surface area contributed by atoms with E-state index in [0.717, 1.165) is 19.5 Å². The lowest BCUT2D eigenvalue weighted by atomic mass is 10.1. The quantitative estimate of drug-likeness (QED) is 0.846. The van der Waals surface area contributed by atoms with E-state index < -0.39 is 0 Å². The van der Waals surface area contributed by atoms with E-state index in [1.165, 1.54) is 6.07 Å². The van der Waals surface area contributed by atoms with E-state index in [1.807, 2.05) is 0 Å². The molecular weight excluding hydrogens is 242 g/mol. The van der Waals surface area contributed by atoms with Crippen LogP contribution >= 0.6 is 0 Å². The van der Waals surface area contributed by atoms with Gasteiger partial charge in [0, 0.05) is 25.2 Å². The Kier molecular flexibility index (Phi) is 4.37. The van der Waals surface area contributed by atoms with Crippen LogP contribution in [0.5, 0.6) is 0 Å². The standard InChI is InChI=1S/C14H21N3O2/c1-10(2)17-7-6-11(9-17)8-15-14(19)12-4-3-5-13(18)16-12/h3-5,10-11H,6-9H2,1-2H3,(H,15,19)(H,16,18). The van der Waals surface area contributed by atoms with Gasteiger partial charge in [0.05, 0.1) is 0 Å². The molecule has 1 aromatic rings. The average Bonchev–Trinajstić information content (AvgIpc) is 2.85. The number of likely N-dealkylation sites (tertiary alicyclic amines) is 1. The number of nitrogens with one attached hydrogen (secondary N) is 2. The van der Waals surface area contributed by atoms with Crippen molar-refractivity contribution in [1.82, 2.24) is 15.2 Å². The zero-order valence-corrected chi connectivity index (χ0v) is 11.5. The Morgan fingerprint density at radius 1 is 1.53 bits per heavy atom. The Morgan fingerprint density at radius 2 is 2.32 bits per heavy atom. The summed E-state index contributed by atoms with van der Waals surface area (Å²) in [6.07, 6.45) is 1.11. The molecule has 2 rings (SSSR count). The second-order valence-corrected chi connectivity index (χ2v) is 5.38. The molecule has 5 heteroatoms. The summed E-state index contributed by atoms with van der Waals surface area (Å²) >= 11 is 0. The molecule has 104 valence electrons. The average molecular weight is 263 g/mol. The highest BCUT2D eigenvalue weighted by molar-refractivity contribution is 5.92. The molecule has 2 N–H and O–H groups in total. The number of pyridine rings is 1. The number of carbonyl (C=O) groups excluding carboxylic acids is 1. The zero-order chi connectivity index (χ0) is 13.8. The van der Waals surface area contributed by atoms with Crippen LogP contribution in [0.1, 0.15) is 30.8 Å². The molecule has 1 atom stereocenters. The second kappa shape index (κ2) is 6.02. The minimum Gasteiger partial charge on any atom is -0.350 e. The fourth-order valence-electron chi connectivity index (χ4n) is 2.41. The molecule has 1 saturated heterocycles. The molecule has 0 aliphatic carbocycles. The summed E-state index contributed by atoms with van der Waals surface area (Å²) in [5.74, 6) is 0.294. The third-order valence-corrected chi connectivity index (χ3v) is 3.61. The van der Waals surface area contributed by atoms with Gasteiger partial charge in [-0.3, -0.25) is 9.59 Å². The first kappa shape index (κ1) is 13.8. The van der Waals surface area contributed by atoms with E-state index in [9.17, 15) is 9.59 Å². The maximum absolute atomic E-state index is 11.9. The lowest BCUT2D eigenvalue weighted by Gasteiger charge is -2.20. The van der Waals surface area contributed by atoms with Crippen molar-refractivity contribution >= 4 is 5.91 Å². The number of hydrogen-bond donors (Lipinski definition) is 2. The predicted molar refractivity (Wildman–Crippen MR) is 74.2 cm³/mol. The summed E-state index contributed by atoms with van der Waals surface area (Å²) in [5, 5.41) is 2.89. The number of rotatable bonds is 4. The van der Waals surface area contributed by atoms with Crippen LogP contribution < -0.4 is 10.9 Å². The fraction of sp³-hybridized carbons (Fsp3) is 0.571. The van der Waals surface area contributed by atoms with E-state index in [2.05, 4.69) is 29.0 Å². The number of H-pyrrole nitrogens is 1. The van der Waals surface area contributed by atoms with Crippen LogP contribution in [0.2, 0.25) is 0 Å². The Morgan fingerprint density at radius 3 is 2.95 bits per heavy atom. The van der Waals surface area contributed by atoms with Crippen LogP contribution in [-0.4, -0.2) is 41.5 Å². The van der Waals surface area contributed by atoms with E-state index in [-0.39, 0.29) is 11.5 Å². The van der Waals surface area contributed by atoms with Crippen LogP contribution in [-0.2, 0) is 0 Å². The summed E-state index contributed by atoms with van der Waals surface area (Å²) in [6, 6.07) is 5.16. The zero-order valence-electron chi connectivity index (χ0n) is 11.5. The van der Waals surface area contributed by atoms with Crippen molar-refractivity contribution in [2.75, 3.05) is 19.6 Å². The molecule has 2 heterocycles. The number of hydrogen-bond acceptors (Lipinski definition) is 3. The Balaban J connectivity index is 1.83. The van der Waals surface area contributed by atoms with Gasteiger partial charge in [-0.2, -0.15) is 0 Å². The molecule has 0 aromatic carbocycles. The number of amides is 1. The van der Waals surface area contributed by atoms with Crippen molar-refractivity contribution in [1.29, 1.82) is 0 Å². The summed E-state index contributed by atoms with van der Waals surface area (Å²) in [4.78, 5) is 28.0. The first-order valence-corrected chi connectivity index (χ1v) is 6.78. The third-order valence-electron chi connectivity index (χ3n) is 3.61.